The lowest BCUT2D eigenvalue weighted by Crippen LogP contribution is -2.29. The van der Waals surface area contributed by atoms with Gasteiger partial charge in [-0.25, -0.2) is 13.2 Å². The van der Waals surface area contributed by atoms with Crippen molar-refractivity contribution >= 4 is 0 Å². The molecule has 0 N–H and O–H groups in total. The molecule has 2 heterocycles. The molecule has 38 heavy (non-hydrogen) atoms. The summed E-state index contributed by atoms with van der Waals surface area (Å²) in [5.74, 6) is -4.26. The fourth-order valence-corrected chi connectivity index (χ4v) is 3.69. The Balaban J connectivity index is 1.93. The summed E-state index contributed by atoms with van der Waals surface area (Å²) >= 11 is 0. The minimum atomic E-state index is -5.18. The zero-order valence-corrected chi connectivity index (χ0v) is 18.5. The Kier molecular flexibility index (Phi) is 6.61. The van der Waals surface area contributed by atoms with Crippen molar-refractivity contribution in [1.29, 1.82) is 5.26 Å². The van der Waals surface area contributed by atoms with Crippen LogP contribution in [0.25, 0.3) is 22.8 Å². The fraction of sp³-hybridized carbons (Fsp3) is 0.120. The fourth-order valence-electron chi connectivity index (χ4n) is 3.69. The van der Waals surface area contributed by atoms with Gasteiger partial charge >= 0.3 is 12.4 Å². The molecule has 2 aromatic carbocycles. The van der Waals surface area contributed by atoms with E-state index in [1.165, 1.54) is 6.07 Å². The van der Waals surface area contributed by atoms with Crippen LogP contribution in [0.3, 0.4) is 0 Å². The molecule has 0 bridgehead atoms. The molecular weight excluding hydrogens is 531 g/mol. The highest BCUT2D eigenvalue weighted by atomic mass is 19.4. The molecule has 0 aliphatic rings. The highest BCUT2D eigenvalue weighted by molar-refractivity contribution is 5.65. The number of hydrogen-bond donors (Lipinski definition) is 0. The van der Waals surface area contributed by atoms with Crippen molar-refractivity contribution in [2.75, 3.05) is 0 Å². The standard InChI is InChI=1S/C25H11F9N2O2/c26-15-2-1-12(19(28)8-15)11-36-20(9-18(25(32,33)34)17(10-35)23(36)37)22-4-3-21(38-22)13-5-14(24(29,30)31)7-16(27)6-13/h1-9H,11H2. The smallest absolute Gasteiger partial charge is 0.417 e. The lowest BCUT2D eigenvalue weighted by Gasteiger charge is -2.16. The van der Waals surface area contributed by atoms with Crippen LogP contribution >= 0.6 is 0 Å². The molecule has 0 fully saturated rings. The summed E-state index contributed by atoms with van der Waals surface area (Å²) in [6.07, 6.45) is -10.1. The number of furan rings is 1. The van der Waals surface area contributed by atoms with Crippen molar-refractivity contribution in [1.82, 2.24) is 4.57 Å². The van der Waals surface area contributed by atoms with Crippen LogP contribution in [0, 0.1) is 28.8 Å². The summed E-state index contributed by atoms with van der Waals surface area (Å²) in [4.78, 5) is 12.9. The molecular formula is C25H11F9N2O2. The van der Waals surface area contributed by atoms with Gasteiger partial charge in [0.05, 0.1) is 23.4 Å². The Hall–Kier alpha value is -4.47. The highest BCUT2D eigenvalue weighted by Gasteiger charge is 2.37. The van der Waals surface area contributed by atoms with Crippen molar-refractivity contribution in [2.24, 2.45) is 0 Å². The lowest BCUT2D eigenvalue weighted by molar-refractivity contribution is -0.138. The molecule has 0 saturated carbocycles. The lowest BCUT2D eigenvalue weighted by atomic mass is 10.1. The number of nitriles is 1. The van der Waals surface area contributed by atoms with Gasteiger partial charge in [-0.1, -0.05) is 6.07 Å². The molecule has 0 amide bonds. The Bertz CT molecular complexity index is 1640. The van der Waals surface area contributed by atoms with Gasteiger partial charge < -0.3 is 4.42 Å². The molecule has 2 aromatic heterocycles. The zero-order valence-electron chi connectivity index (χ0n) is 18.5. The molecule has 0 aliphatic carbocycles. The second-order valence-corrected chi connectivity index (χ2v) is 7.95. The number of nitrogens with zero attached hydrogens (tertiary/aromatic N) is 2. The van der Waals surface area contributed by atoms with Crippen LogP contribution in [-0.4, -0.2) is 4.57 Å². The first-order valence-corrected chi connectivity index (χ1v) is 10.4. The molecule has 0 unspecified atom stereocenters. The minimum Gasteiger partial charge on any atom is -0.455 e. The largest absolute Gasteiger partial charge is 0.455 e. The number of aromatic nitrogens is 1. The van der Waals surface area contributed by atoms with Crippen LogP contribution in [-0.2, 0) is 18.9 Å². The van der Waals surface area contributed by atoms with E-state index < -0.39 is 81.4 Å². The maximum atomic E-state index is 14.3. The van der Waals surface area contributed by atoms with Crippen LogP contribution < -0.4 is 5.56 Å². The van der Waals surface area contributed by atoms with E-state index in [9.17, 15) is 49.6 Å². The van der Waals surface area contributed by atoms with E-state index in [0.29, 0.717) is 28.8 Å². The number of halogens is 9. The summed E-state index contributed by atoms with van der Waals surface area (Å²) in [5.41, 5.74) is -7.15. The van der Waals surface area contributed by atoms with Crippen molar-refractivity contribution in [3.05, 3.63) is 105 Å². The maximum absolute atomic E-state index is 14.3. The van der Waals surface area contributed by atoms with Crippen LogP contribution in [0.5, 0.6) is 0 Å². The quantitative estimate of drug-likeness (QED) is 0.258. The molecule has 4 nitrogen and oxygen atoms in total. The molecule has 0 radical (unpaired) electrons. The van der Waals surface area contributed by atoms with E-state index in [4.69, 9.17) is 4.42 Å². The van der Waals surface area contributed by atoms with Gasteiger partial charge in [-0.15, -0.1) is 0 Å². The molecule has 196 valence electrons. The van der Waals surface area contributed by atoms with Gasteiger partial charge in [-0.3, -0.25) is 9.36 Å². The monoisotopic (exact) mass is 542 g/mol. The third-order valence-corrected chi connectivity index (χ3v) is 5.43. The Morgan fingerprint density at radius 2 is 1.50 bits per heavy atom. The van der Waals surface area contributed by atoms with Crippen molar-refractivity contribution in [3.8, 4) is 28.8 Å². The van der Waals surface area contributed by atoms with E-state index in [2.05, 4.69) is 0 Å². The van der Waals surface area contributed by atoms with Crippen molar-refractivity contribution < 1.29 is 43.9 Å². The van der Waals surface area contributed by atoms with Crippen LogP contribution in [0.2, 0.25) is 0 Å². The summed E-state index contributed by atoms with van der Waals surface area (Å²) in [6, 6.07) is 7.32. The first-order valence-electron chi connectivity index (χ1n) is 10.4. The van der Waals surface area contributed by atoms with Crippen LogP contribution in [0.4, 0.5) is 39.5 Å². The average molecular weight is 542 g/mol. The molecule has 0 saturated heterocycles. The van der Waals surface area contributed by atoms with Gasteiger partial charge in [0.15, 0.2) is 5.76 Å². The molecule has 13 heteroatoms. The van der Waals surface area contributed by atoms with E-state index in [-0.39, 0.29) is 11.6 Å². The van der Waals surface area contributed by atoms with Gasteiger partial charge in [-0.2, -0.15) is 31.6 Å². The second kappa shape index (κ2) is 9.44. The maximum Gasteiger partial charge on any atom is 0.417 e. The van der Waals surface area contributed by atoms with Gasteiger partial charge in [0.25, 0.3) is 5.56 Å². The topological polar surface area (TPSA) is 58.9 Å². The first-order chi connectivity index (χ1) is 17.7. The predicted molar refractivity (Wildman–Crippen MR) is 114 cm³/mol. The van der Waals surface area contributed by atoms with E-state index in [0.717, 1.165) is 24.3 Å². The van der Waals surface area contributed by atoms with Gasteiger partial charge in [-0.05, 0) is 42.5 Å². The number of alkyl halides is 6. The van der Waals surface area contributed by atoms with Gasteiger partial charge in [0.1, 0.15) is 34.8 Å². The Labute approximate surface area is 206 Å². The number of pyridine rings is 1. The molecule has 4 rings (SSSR count). The van der Waals surface area contributed by atoms with E-state index in [1.54, 1.807) is 0 Å². The minimum absolute atomic E-state index is 0.235. The average Bonchev–Trinajstić information content (AvgIpc) is 3.30. The van der Waals surface area contributed by atoms with Crippen molar-refractivity contribution in [2.45, 2.75) is 18.9 Å². The summed E-state index contributed by atoms with van der Waals surface area (Å²) in [5, 5.41) is 9.24. The summed E-state index contributed by atoms with van der Waals surface area (Å²) in [6.45, 7) is -0.763. The van der Waals surface area contributed by atoms with Crippen LogP contribution in [0.15, 0.2) is 63.8 Å². The third-order valence-electron chi connectivity index (χ3n) is 5.43. The number of rotatable bonds is 4. The van der Waals surface area contributed by atoms with Crippen molar-refractivity contribution in [3.63, 3.8) is 0 Å². The van der Waals surface area contributed by atoms with E-state index >= 15 is 0 Å². The summed E-state index contributed by atoms with van der Waals surface area (Å²) in [7, 11) is 0. The number of benzene rings is 2. The predicted octanol–water partition coefficient (Wildman–Crippen LogP) is 7.15. The molecule has 0 atom stereocenters. The van der Waals surface area contributed by atoms with Gasteiger partial charge in [0, 0.05) is 17.2 Å². The summed E-state index contributed by atoms with van der Waals surface area (Å²) < 4.78 is 128. The second-order valence-electron chi connectivity index (χ2n) is 7.95. The molecule has 0 aliphatic heterocycles. The van der Waals surface area contributed by atoms with E-state index in [1.807, 2.05) is 0 Å². The normalized spacial score (nSPS) is 12.0. The Morgan fingerprint density at radius 1 is 0.816 bits per heavy atom. The first kappa shape index (κ1) is 26.6. The SMILES string of the molecule is N#Cc1c(C(F)(F)F)cc(-c2ccc(-c3cc(F)cc(C(F)(F)F)c3)o2)n(Cc2ccc(F)cc2F)c1=O. The Morgan fingerprint density at radius 3 is 2.11 bits per heavy atom. The highest BCUT2D eigenvalue weighted by Crippen LogP contribution is 2.37. The third kappa shape index (κ3) is 5.15. The molecule has 4 aromatic rings. The number of hydrogen-bond acceptors (Lipinski definition) is 3. The van der Waals surface area contributed by atoms with Crippen LogP contribution in [0.1, 0.15) is 22.3 Å². The zero-order chi connectivity index (χ0) is 28.0. The van der Waals surface area contributed by atoms with Gasteiger partial charge in [0.2, 0.25) is 0 Å². The molecule has 0 spiro atoms.